The molecule has 36 heavy (non-hydrogen) atoms. The highest BCUT2D eigenvalue weighted by Gasteiger charge is 2.36. The molecule has 2 aromatic carbocycles. The SMILES string of the molecule is CCOc1cc2c(cc1OCC)[C@H]1CN(C)CC[C@H]1N=C2c1ccc(C(=O)N2CCCCCC2)cc1. The number of carbonyl (C=O) groups excluding carboxylic acids is 1. The van der Waals surface area contributed by atoms with Crippen LogP contribution in [0.25, 0.3) is 0 Å². The minimum Gasteiger partial charge on any atom is -0.490 e. The summed E-state index contributed by atoms with van der Waals surface area (Å²) in [6.07, 6.45) is 5.66. The number of ether oxygens (including phenoxy) is 2. The second-order valence-corrected chi connectivity index (χ2v) is 10.2. The molecule has 0 saturated carbocycles. The van der Waals surface area contributed by atoms with Gasteiger partial charge >= 0.3 is 0 Å². The molecule has 3 aliphatic heterocycles. The summed E-state index contributed by atoms with van der Waals surface area (Å²) in [5.41, 5.74) is 5.20. The van der Waals surface area contributed by atoms with Gasteiger partial charge in [-0.25, -0.2) is 0 Å². The molecule has 1 amide bonds. The van der Waals surface area contributed by atoms with Crippen molar-refractivity contribution in [3.05, 3.63) is 58.7 Å². The van der Waals surface area contributed by atoms with Gasteiger partial charge in [-0.15, -0.1) is 0 Å². The van der Waals surface area contributed by atoms with E-state index in [9.17, 15) is 4.79 Å². The van der Waals surface area contributed by atoms with Crippen molar-refractivity contribution in [2.45, 2.75) is 57.9 Å². The number of rotatable bonds is 6. The molecule has 3 aliphatic rings. The first-order chi connectivity index (χ1) is 17.6. The average Bonchev–Trinajstić information content (AvgIpc) is 3.19. The first kappa shape index (κ1) is 24.8. The van der Waals surface area contributed by atoms with Crippen molar-refractivity contribution in [3.63, 3.8) is 0 Å². The standard InChI is InChI=1S/C30H39N3O3/c1-4-35-27-18-23-24(19-28(27)36-5-2)29(31-26-14-17-32(3)20-25(23)26)21-10-12-22(13-11-21)30(34)33-15-8-6-7-9-16-33/h10-13,18-19,25-26H,4-9,14-17,20H2,1-3H3/t25-,26-/m1/s1. The lowest BCUT2D eigenvalue weighted by Gasteiger charge is -2.39. The first-order valence-electron chi connectivity index (χ1n) is 13.7. The number of amides is 1. The molecule has 5 rings (SSSR count). The Hall–Kier alpha value is -2.86. The topological polar surface area (TPSA) is 54.4 Å². The van der Waals surface area contributed by atoms with Gasteiger partial charge in [0, 0.05) is 42.2 Å². The van der Waals surface area contributed by atoms with Crippen LogP contribution in [0, 0.1) is 0 Å². The Morgan fingerprint density at radius 3 is 2.28 bits per heavy atom. The summed E-state index contributed by atoms with van der Waals surface area (Å²) in [6, 6.07) is 12.6. The van der Waals surface area contributed by atoms with Crippen LogP contribution in [-0.2, 0) is 0 Å². The molecule has 0 spiro atoms. The van der Waals surface area contributed by atoms with Gasteiger partial charge in [0.25, 0.3) is 5.91 Å². The monoisotopic (exact) mass is 489 g/mol. The van der Waals surface area contributed by atoms with Gasteiger partial charge in [0.2, 0.25) is 0 Å². The number of fused-ring (bicyclic) bond motifs is 3. The molecule has 3 heterocycles. The second-order valence-electron chi connectivity index (χ2n) is 10.2. The maximum atomic E-state index is 13.1. The molecule has 0 N–H and O–H groups in total. The van der Waals surface area contributed by atoms with Gasteiger partial charge in [-0.1, -0.05) is 25.0 Å². The van der Waals surface area contributed by atoms with E-state index in [0.29, 0.717) is 19.1 Å². The van der Waals surface area contributed by atoms with Crippen LogP contribution in [-0.4, -0.2) is 73.9 Å². The maximum absolute atomic E-state index is 13.1. The Labute approximate surface area is 215 Å². The second kappa shape index (κ2) is 11.0. The summed E-state index contributed by atoms with van der Waals surface area (Å²) in [6.45, 7) is 8.93. The molecule has 0 unspecified atom stereocenters. The number of hydrogen-bond donors (Lipinski definition) is 0. The third-order valence-corrected chi connectivity index (χ3v) is 7.74. The van der Waals surface area contributed by atoms with Crippen molar-refractivity contribution in [2.24, 2.45) is 4.99 Å². The molecule has 2 saturated heterocycles. The van der Waals surface area contributed by atoms with Gasteiger partial charge < -0.3 is 19.3 Å². The Bertz CT molecular complexity index is 1100. The molecular formula is C30H39N3O3. The van der Waals surface area contributed by atoms with Crippen LogP contribution >= 0.6 is 0 Å². The van der Waals surface area contributed by atoms with Crippen LogP contribution in [0.1, 0.15) is 78.9 Å². The van der Waals surface area contributed by atoms with Crippen LogP contribution in [0.2, 0.25) is 0 Å². The summed E-state index contributed by atoms with van der Waals surface area (Å²) < 4.78 is 12.0. The molecule has 6 nitrogen and oxygen atoms in total. The zero-order valence-corrected chi connectivity index (χ0v) is 22.0. The fourth-order valence-electron chi connectivity index (χ4n) is 5.88. The van der Waals surface area contributed by atoms with Crippen molar-refractivity contribution in [2.75, 3.05) is 46.4 Å². The van der Waals surface area contributed by atoms with Crippen LogP contribution in [0.3, 0.4) is 0 Å². The lowest BCUT2D eigenvalue weighted by Crippen LogP contribution is -2.41. The number of likely N-dealkylation sites (tertiary alicyclic amines) is 2. The van der Waals surface area contributed by atoms with E-state index in [1.807, 2.05) is 30.9 Å². The molecule has 6 heteroatoms. The van der Waals surface area contributed by atoms with E-state index < -0.39 is 0 Å². The van der Waals surface area contributed by atoms with Crippen molar-refractivity contribution >= 4 is 11.6 Å². The Morgan fingerprint density at radius 1 is 0.944 bits per heavy atom. The highest BCUT2D eigenvalue weighted by Crippen LogP contribution is 2.42. The van der Waals surface area contributed by atoms with E-state index in [2.05, 4.69) is 36.2 Å². The fourth-order valence-corrected chi connectivity index (χ4v) is 5.88. The van der Waals surface area contributed by atoms with E-state index in [-0.39, 0.29) is 11.9 Å². The summed E-state index contributed by atoms with van der Waals surface area (Å²) in [4.78, 5) is 22.8. The molecule has 0 bridgehead atoms. The maximum Gasteiger partial charge on any atom is 0.253 e. The highest BCUT2D eigenvalue weighted by atomic mass is 16.5. The molecule has 0 radical (unpaired) electrons. The number of hydrogen-bond acceptors (Lipinski definition) is 5. The minimum absolute atomic E-state index is 0.143. The van der Waals surface area contributed by atoms with E-state index in [4.69, 9.17) is 14.5 Å². The summed E-state index contributed by atoms with van der Waals surface area (Å²) >= 11 is 0. The summed E-state index contributed by atoms with van der Waals surface area (Å²) in [7, 11) is 2.19. The largest absolute Gasteiger partial charge is 0.490 e. The molecule has 0 aliphatic carbocycles. The minimum atomic E-state index is 0.143. The number of aliphatic imine (C=N–C) groups is 1. The van der Waals surface area contributed by atoms with Gasteiger partial charge in [-0.3, -0.25) is 9.79 Å². The van der Waals surface area contributed by atoms with Gasteiger partial charge in [0.05, 0.1) is 25.0 Å². The fraction of sp³-hybridized carbons (Fsp3) is 0.533. The normalized spacial score (nSPS) is 22.2. The van der Waals surface area contributed by atoms with E-state index in [1.165, 1.54) is 18.4 Å². The zero-order valence-electron chi connectivity index (χ0n) is 22.0. The van der Waals surface area contributed by atoms with Gasteiger partial charge in [0.15, 0.2) is 11.5 Å². The van der Waals surface area contributed by atoms with E-state index in [1.54, 1.807) is 0 Å². The van der Waals surface area contributed by atoms with Crippen molar-refractivity contribution < 1.29 is 14.3 Å². The van der Waals surface area contributed by atoms with Crippen LogP contribution < -0.4 is 9.47 Å². The number of benzene rings is 2. The third kappa shape index (κ3) is 5.01. The third-order valence-electron chi connectivity index (χ3n) is 7.74. The van der Waals surface area contributed by atoms with Gasteiger partial charge in [-0.05, 0) is 76.5 Å². The Morgan fingerprint density at radius 2 is 1.61 bits per heavy atom. The number of piperidine rings is 1. The molecule has 2 aromatic rings. The lowest BCUT2D eigenvalue weighted by atomic mass is 9.79. The van der Waals surface area contributed by atoms with Gasteiger partial charge in [-0.2, -0.15) is 0 Å². The van der Waals surface area contributed by atoms with Crippen LogP contribution in [0.4, 0.5) is 0 Å². The van der Waals surface area contributed by atoms with Crippen molar-refractivity contribution in [1.29, 1.82) is 0 Å². The van der Waals surface area contributed by atoms with E-state index in [0.717, 1.165) is 79.3 Å². The number of carbonyl (C=O) groups is 1. The first-order valence-corrected chi connectivity index (χ1v) is 13.7. The summed E-state index contributed by atoms with van der Waals surface area (Å²) in [5.74, 6) is 2.05. The summed E-state index contributed by atoms with van der Waals surface area (Å²) in [5, 5.41) is 0. The van der Waals surface area contributed by atoms with Crippen molar-refractivity contribution in [1.82, 2.24) is 9.80 Å². The highest BCUT2D eigenvalue weighted by molar-refractivity contribution is 6.15. The quantitative estimate of drug-likeness (QED) is 0.564. The van der Waals surface area contributed by atoms with E-state index >= 15 is 0 Å². The molecule has 2 atom stereocenters. The molecular weight excluding hydrogens is 450 g/mol. The average molecular weight is 490 g/mol. The lowest BCUT2D eigenvalue weighted by molar-refractivity contribution is 0.0761. The zero-order chi connectivity index (χ0) is 25.1. The van der Waals surface area contributed by atoms with Crippen molar-refractivity contribution in [3.8, 4) is 11.5 Å². The van der Waals surface area contributed by atoms with Crippen LogP contribution in [0.15, 0.2) is 41.4 Å². The predicted molar refractivity (Wildman–Crippen MR) is 144 cm³/mol. The smallest absolute Gasteiger partial charge is 0.253 e. The number of nitrogens with zero attached hydrogens (tertiary/aromatic N) is 3. The molecule has 0 aromatic heterocycles. The number of likely N-dealkylation sites (N-methyl/N-ethyl adjacent to an activating group) is 1. The Balaban J connectivity index is 1.51. The van der Waals surface area contributed by atoms with Crippen LogP contribution in [0.5, 0.6) is 11.5 Å². The molecule has 2 fully saturated rings. The van der Waals surface area contributed by atoms with Gasteiger partial charge in [0.1, 0.15) is 0 Å². The predicted octanol–water partition coefficient (Wildman–Crippen LogP) is 5.14. The molecule has 192 valence electrons. The Kier molecular flexibility index (Phi) is 7.61.